The molecule has 1 heterocycles. The number of hydrogen-bond donors (Lipinski definition) is 1. The van der Waals surface area contributed by atoms with E-state index in [9.17, 15) is 4.79 Å². The predicted octanol–water partition coefficient (Wildman–Crippen LogP) is 3.01. The number of aromatic nitrogens is 1. The lowest BCUT2D eigenvalue weighted by Gasteiger charge is -2.17. The zero-order valence-corrected chi connectivity index (χ0v) is 11.0. The number of benzene rings is 1. The Morgan fingerprint density at radius 1 is 1.17 bits per heavy atom. The van der Waals surface area contributed by atoms with E-state index in [1.54, 1.807) is 6.20 Å². The number of amides is 1. The quantitative estimate of drug-likeness (QED) is 0.899. The Kier molecular flexibility index (Phi) is 3.60. The molecule has 2 rings (SSSR count). The third kappa shape index (κ3) is 2.50. The van der Waals surface area contributed by atoms with Crippen LogP contribution in [0, 0.1) is 5.92 Å². The van der Waals surface area contributed by atoms with E-state index in [2.05, 4.69) is 24.1 Å². The van der Waals surface area contributed by atoms with Gasteiger partial charge in [-0.1, -0.05) is 32.0 Å². The summed E-state index contributed by atoms with van der Waals surface area (Å²) in [7, 11) is 0. The minimum absolute atomic E-state index is 0.0551. The molecule has 0 aliphatic heterocycles. The van der Waals surface area contributed by atoms with Gasteiger partial charge >= 0.3 is 0 Å². The molecule has 0 saturated carbocycles. The minimum atomic E-state index is -0.0551. The molecular weight excluding hydrogens is 224 g/mol. The monoisotopic (exact) mass is 242 g/mol. The summed E-state index contributed by atoms with van der Waals surface area (Å²) in [6.07, 6.45) is 1.71. The molecule has 0 spiro atoms. The molecule has 1 amide bonds. The number of hydrogen-bond acceptors (Lipinski definition) is 2. The first-order valence-electron chi connectivity index (χ1n) is 6.24. The maximum atomic E-state index is 12.2. The summed E-state index contributed by atoms with van der Waals surface area (Å²) < 4.78 is 0. The van der Waals surface area contributed by atoms with Crippen LogP contribution in [0.25, 0.3) is 10.9 Å². The van der Waals surface area contributed by atoms with Crippen LogP contribution in [-0.4, -0.2) is 16.9 Å². The SMILES string of the molecule is CC(C)C(C)NC(=O)c1cccc2cccnc12. The van der Waals surface area contributed by atoms with Crippen molar-refractivity contribution in [2.24, 2.45) is 5.92 Å². The summed E-state index contributed by atoms with van der Waals surface area (Å²) in [5.41, 5.74) is 1.40. The van der Waals surface area contributed by atoms with Gasteiger partial charge in [0.15, 0.2) is 0 Å². The van der Waals surface area contributed by atoms with Gasteiger partial charge in [-0.25, -0.2) is 0 Å². The molecule has 1 N–H and O–H groups in total. The maximum Gasteiger partial charge on any atom is 0.253 e. The molecular formula is C15H18N2O. The van der Waals surface area contributed by atoms with E-state index in [-0.39, 0.29) is 11.9 Å². The average Bonchev–Trinajstić information content (AvgIpc) is 2.37. The van der Waals surface area contributed by atoms with Gasteiger partial charge in [0, 0.05) is 17.6 Å². The molecule has 0 bridgehead atoms. The summed E-state index contributed by atoms with van der Waals surface area (Å²) in [6.45, 7) is 6.19. The minimum Gasteiger partial charge on any atom is -0.349 e. The summed E-state index contributed by atoms with van der Waals surface area (Å²) >= 11 is 0. The van der Waals surface area contributed by atoms with Crippen LogP contribution in [0.1, 0.15) is 31.1 Å². The topological polar surface area (TPSA) is 42.0 Å². The number of carbonyl (C=O) groups is 1. The third-order valence-corrected chi connectivity index (χ3v) is 3.24. The van der Waals surface area contributed by atoms with E-state index in [1.807, 2.05) is 37.3 Å². The van der Waals surface area contributed by atoms with Crippen LogP contribution >= 0.6 is 0 Å². The second-order valence-corrected chi connectivity index (χ2v) is 4.89. The molecule has 18 heavy (non-hydrogen) atoms. The van der Waals surface area contributed by atoms with Crippen molar-refractivity contribution in [3.05, 3.63) is 42.1 Å². The van der Waals surface area contributed by atoms with E-state index in [0.717, 1.165) is 10.9 Å². The lowest BCUT2D eigenvalue weighted by atomic mass is 10.0. The van der Waals surface area contributed by atoms with E-state index < -0.39 is 0 Å². The molecule has 3 nitrogen and oxygen atoms in total. The third-order valence-electron chi connectivity index (χ3n) is 3.24. The van der Waals surface area contributed by atoms with Gasteiger partial charge < -0.3 is 5.32 Å². The molecule has 1 aromatic carbocycles. The number of nitrogens with one attached hydrogen (secondary N) is 1. The molecule has 94 valence electrons. The van der Waals surface area contributed by atoms with Crippen molar-refractivity contribution in [2.75, 3.05) is 0 Å². The van der Waals surface area contributed by atoms with Crippen LogP contribution in [0.15, 0.2) is 36.5 Å². The normalized spacial score (nSPS) is 12.7. The Labute approximate surface area is 107 Å². The summed E-state index contributed by atoms with van der Waals surface area (Å²) in [6, 6.07) is 9.66. The van der Waals surface area contributed by atoms with Crippen molar-refractivity contribution in [3.63, 3.8) is 0 Å². The Morgan fingerprint density at radius 3 is 2.61 bits per heavy atom. The molecule has 0 aliphatic carbocycles. The number of pyridine rings is 1. The molecule has 3 heteroatoms. The Balaban J connectivity index is 2.33. The summed E-state index contributed by atoms with van der Waals surface area (Å²) in [5, 5.41) is 4.00. The second-order valence-electron chi connectivity index (χ2n) is 4.89. The average molecular weight is 242 g/mol. The van der Waals surface area contributed by atoms with Crippen LogP contribution in [-0.2, 0) is 0 Å². The molecule has 2 aromatic rings. The van der Waals surface area contributed by atoms with Crippen LogP contribution < -0.4 is 5.32 Å². The Bertz CT molecular complexity index is 558. The van der Waals surface area contributed by atoms with Crippen LogP contribution in [0.2, 0.25) is 0 Å². The molecule has 0 fully saturated rings. The van der Waals surface area contributed by atoms with Gasteiger partial charge in [0.25, 0.3) is 5.91 Å². The van der Waals surface area contributed by atoms with Crippen LogP contribution in [0.5, 0.6) is 0 Å². The Hall–Kier alpha value is -1.90. The van der Waals surface area contributed by atoms with Crippen molar-refractivity contribution in [1.82, 2.24) is 10.3 Å². The zero-order chi connectivity index (χ0) is 13.1. The van der Waals surface area contributed by atoms with E-state index in [1.165, 1.54) is 0 Å². The standard InChI is InChI=1S/C15H18N2O/c1-10(2)11(3)17-15(18)13-8-4-6-12-7-5-9-16-14(12)13/h4-11H,1-3H3,(H,17,18). The molecule has 0 radical (unpaired) electrons. The number of fused-ring (bicyclic) bond motifs is 1. The molecule has 1 aromatic heterocycles. The molecule has 0 aliphatic rings. The fraction of sp³-hybridized carbons (Fsp3) is 0.333. The van der Waals surface area contributed by atoms with E-state index in [0.29, 0.717) is 11.5 Å². The van der Waals surface area contributed by atoms with Gasteiger partial charge in [0.1, 0.15) is 0 Å². The number of rotatable bonds is 3. The fourth-order valence-corrected chi connectivity index (χ4v) is 1.74. The van der Waals surface area contributed by atoms with Gasteiger partial charge in [-0.05, 0) is 25.0 Å². The molecule has 1 atom stereocenters. The van der Waals surface area contributed by atoms with Gasteiger partial charge in [-0.3, -0.25) is 9.78 Å². The number of carbonyl (C=O) groups excluding carboxylic acids is 1. The predicted molar refractivity (Wildman–Crippen MR) is 73.5 cm³/mol. The van der Waals surface area contributed by atoms with E-state index >= 15 is 0 Å². The van der Waals surface area contributed by atoms with Crippen LogP contribution in [0.4, 0.5) is 0 Å². The highest BCUT2D eigenvalue weighted by Crippen LogP contribution is 2.16. The molecule has 0 saturated heterocycles. The number of para-hydroxylation sites is 1. The highest BCUT2D eigenvalue weighted by atomic mass is 16.1. The fourth-order valence-electron chi connectivity index (χ4n) is 1.74. The first-order chi connectivity index (χ1) is 8.59. The van der Waals surface area contributed by atoms with Crippen molar-refractivity contribution < 1.29 is 4.79 Å². The first kappa shape index (κ1) is 12.6. The lowest BCUT2D eigenvalue weighted by Crippen LogP contribution is -2.36. The highest BCUT2D eigenvalue weighted by molar-refractivity contribution is 6.05. The lowest BCUT2D eigenvalue weighted by molar-refractivity contribution is 0.0932. The van der Waals surface area contributed by atoms with Gasteiger partial charge in [-0.15, -0.1) is 0 Å². The maximum absolute atomic E-state index is 12.2. The zero-order valence-electron chi connectivity index (χ0n) is 11.0. The van der Waals surface area contributed by atoms with Crippen molar-refractivity contribution in [1.29, 1.82) is 0 Å². The largest absolute Gasteiger partial charge is 0.349 e. The number of nitrogens with zero attached hydrogens (tertiary/aromatic N) is 1. The van der Waals surface area contributed by atoms with Crippen molar-refractivity contribution in [3.8, 4) is 0 Å². The van der Waals surface area contributed by atoms with Gasteiger partial charge in [0.2, 0.25) is 0 Å². The second kappa shape index (κ2) is 5.17. The summed E-state index contributed by atoms with van der Waals surface area (Å²) in [4.78, 5) is 16.5. The van der Waals surface area contributed by atoms with Crippen molar-refractivity contribution >= 4 is 16.8 Å². The molecule has 1 unspecified atom stereocenters. The Morgan fingerprint density at radius 2 is 1.89 bits per heavy atom. The first-order valence-corrected chi connectivity index (χ1v) is 6.24. The van der Waals surface area contributed by atoms with Crippen molar-refractivity contribution in [2.45, 2.75) is 26.8 Å². The highest BCUT2D eigenvalue weighted by Gasteiger charge is 2.14. The summed E-state index contributed by atoms with van der Waals surface area (Å²) in [5.74, 6) is 0.359. The smallest absolute Gasteiger partial charge is 0.253 e. The van der Waals surface area contributed by atoms with Gasteiger partial charge in [-0.2, -0.15) is 0 Å². The van der Waals surface area contributed by atoms with Crippen LogP contribution in [0.3, 0.4) is 0 Å². The van der Waals surface area contributed by atoms with E-state index in [4.69, 9.17) is 0 Å². The van der Waals surface area contributed by atoms with Gasteiger partial charge in [0.05, 0.1) is 11.1 Å².